The Morgan fingerprint density at radius 1 is 1.36 bits per heavy atom. The molecule has 1 saturated heterocycles. The fourth-order valence-corrected chi connectivity index (χ4v) is 3.33. The van der Waals surface area contributed by atoms with Gasteiger partial charge in [0.15, 0.2) is 0 Å². The van der Waals surface area contributed by atoms with Crippen molar-refractivity contribution >= 4 is 36.5 Å². The SMILES string of the molecule is CCCN(CC)c1ccc(C(=O)N2CCCCC2C(C)N)cn1.Cl.Cl. The van der Waals surface area contributed by atoms with E-state index in [1.165, 1.54) is 0 Å². The van der Waals surface area contributed by atoms with Gasteiger partial charge in [0.05, 0.1) is 5.56 Å². The Balaban J connectivity index is 0.00000288. The van der Waals surface area contributed by atoms with Crippen LogP contribution >= 0.6 is 24.8 Å². The minimum absolute atomic E-state index is 0. The van der Waals surface area contributed by atoms with E-state index in [0.29, 0.717) is 5.56 Å². The maximum Gasteiger partial charge on any atom is 0.255 e. The highest BCUT2D eigenvalue weighted by Crippen LogP contribution is 2.22. The van der Waals surface area contributed by atoms with Crippen molar-refractivity contribution in [3.8, 4) is 0 Å². The van der Waals surface area contributed by atoms with Gasteiger partial charge in [-0.1, -0.05) is 6.92 Å². The highest BCUT2D eigenvalue weighted by molar-refractivity contribution is 5.94. The number of piperidine rings is 1. The molecular weight excluding hydrogens is 359 g/mol. The summed E-state index contributed by atoms with van der Waals surface area (Å²) in [6, 6.07) is 4.00. The van der Waals surface area contributed by atoms with Crippen LogP contribution in [0.1, 0.15) is 56.8 Å². The largest absolute Gasteiger partial charge is 0.357 e. The van der Waals surface area contributed by atoms with E-state index in [2.05, 4.69) is 23.7 Å². The van der Waals surface area contributed by atoms with Crippen LogP contribution in [0, 0.1) is 0 Å². The maximum atomic E-state index is 12.8. The second-order valence-corrected chi connectivity index (χ2v) is 6.41. The molecule has 0 saturated carbocycles. The molecule has 2 heterocycles. The minimum Gasteiger partial charge on any atom is -0.357 e. The van der Waals surface area contributed by atoms with Gasteiger partial charge in [0, 0.05) is 37.9 Å². The normalized spacial score (nSPS) is 17.9. The summed E-state index contributed by atoms with van der Waals surface area (Å²) in [7, 11) is 0. The van der Waals surface area contributed by atoms with E-state index in [4.69, 9.17) is 5.73 Å². The van der Waals surface area contributed by atoms with Gasteiger partial charge in [-0.05, 0) is 51.7 Å². The number of nitrogens with zero attached hydrogens (tertiary/aromatic N) is 3. The van der Waals surface area contributed by atoms with Crippen LogP contribution in [0.5, 0.6) is 0 Å². The van der Waals surface area contributed by atoms with Crippen LogP contribution in [0.2, 0.25) is 0 Å². The van der Waals surface area contributed by atoms with Crippen LogP contribution in [0.25, 0.3) is 0 Å². The van der Waals surface area contributed by atoms with E-state index in [9.17, 15) is 4.79 Å². The summed E-state index contributed by atoms with van der Waals surface area (Å²) in [6.45, 7) is 8.97. The zero-order valence-electron chi connectivity index (χ0n) is 15.5. The average Bonchev–Trinajstić information content (AvgIpc) is 2.59. The lowest BCUT2D eigenvalue weighted by molar-refractivity contribution is 0.0583. The molecule has 1 aromatic heterocycles. The van der Waals surface area contributed by atoms with Crippen molar-refractivity contribution in [2.45, 2.75) is 58.5 Å². The summed E-state index contributed by atoms with van der Waals surface area (Å²) in [4.78, 5) is 21.5. The number of carbonyl (C=O) groups is 1. The van der Waals surface area contributed by atoms with Crippen molar-refractivity contribution in [3.63, 3.8) is 0 Å². The number of carbonyl (C=O) groups excluding carboxylic acids is 1. The number of anilines is 1. The Labute approximate surface area is 164 Å². The van der Waals surface area contributed by atoms with Gasteiger partial charge in [-0.2, -0.15) is 0 Å². The third-order valence-electron chi connectivity index (χ3n) is 4.61. The Bertz CT molecular complexity index is 510. The number of nitrogens with two attached hydrogens (primary N) is 1. The molecule has 144 valence electrons. The average molecular weight is 391 g/mol. The van der Waals surface area contributed by atoms with Crippen LogP contribution in [0.15, 0.2) is 18.3 Å². The predicted molar refractivity (Wildman–Crippen MR) is 109 cm³/mol. The van der Waals surface area contributed by atoms with Crippen LogP contribution in [0.3, 0.4) is 0 Å². The third-order valence-corrected chi connectivity index (χ3v) is 4.61. The fourth-order valence-electron chi connectivity index (χ4n) is 3.33. The molecule has 0 aromatic carbocycles. The molecule has 5 nitrogen and oxygen atoms in total. The molecule has 0 bridgehead atoms. The van der Waals surface area contributed by atoms with Crippen molar-refractivity contribution in [2.75, 3.05) is 24.5 Å². The molecule has 2 atom stereocenters. The molecule has 2 unspecified atom stereocenters. The maximum absolute atomic E-state index is 12.8. The van der Waals surface area contributed by atoms with Crippen LogP contribution in [-0.4, -0.2) is 47.5 Å². The first-order chi connectivity index (χ1) is 11.1. The first-order valence-electron chi connectivity index (χ1n) is 8.86. The highest BCUT2D eigenvalue weighted by Gasteiger charge is 2.29. The number of rotatable bonds is 6. The van der Waals surface area contributed by atoms with Crippen molar-refractivity contribution in [2.24, 2.45) is 5.73 Å². The van der Waals surface area contributed by atoms with Crippen LogP contribution in [0.4, 0.5) is 5.82 Å². The molecule has 0 aliphatic carbocycles. The van der Waals surface area contributed by atoms with Gasteiger partial charge in [0.25, 0.3) is 5.91 Å². The number of aromatic nitrogens is 1. The second kappa shape index (κ2) is 11.6. The molecule has 1 amide bonds. The number of likely N-dealkylation sites (tertiary alicyclic amines) is 1. The van der Waals surface area contributed by atoms with Crippen LogP contribution in [-0.2, 0) is 0 Å². The lowest BCUT2D eigenvalue weighted by Crippen LogP contribution is -2.51. The van der Waals surface area contributed by atoms with Gasteiger partial charge in [0.2, 0.25) is 0 Å². The Kier molecular flexibility index (Phi) is 11.1. The van der Waals surface area contributed by atoms with Gasteiger partial charge < -0.3 is 15.5 Å². The zero-order valence-corrected chi connectivity index (χ0v) is 17.1. The van der Waals surface area contributed by atoms with E-state index in [-0.39, 0.29) is 42.8 Å². The Hall–Kier alpha value is -1.04. The molecule has 7 heteroatoms. The van der Waals surface area contributed by atoms with Crippen LogP contribution < -0.4 is 10.6 Å². The summed E-state index contributed by atoms with van der Waals surface area (Å²) in [5, 5.41) is 0. The van der Waals surface area contributed by atoms with E-state index in [1.807, 2.05) is 24.0 Å². The van der Waals surface area contributed by atoms with Crippen molar-refractivity contribution < 1.29 is 4.79 Å². The van der Waals surface area contributed by atoms with Crippen molar-refractivity contribution in [3.05, 3.63) is 23.9 Å². The smallest absolute Gasteiger partial charge is 0.255 e. The molecule has 1 aromatic rings. The number of hydrogen-bond donors (Lipinski definition) is 1. The lowest BCUT2D eigenvalue weighted by Gasteiger charge is -2.38. The zero-order chi connectivity index (χ0) is 16.8. The Morgan fingerprint density at radius 2 is 2.08 bits per heavy atom. The first kappa shape index (κ1) is 24.0. The van der Waals surface area contributed by atoms with Gasteiger partial charge in [-0.3, -0.25) is 4.79 Å². The molecule has 1 aliphatic rings. The molecular formula is C18H32Cl2N4O. The fraction of sp³-hybridized carbons (Fsp3) is 0.667. The van der Waals surface area contributed by atoms with E-state index in [0.717, 1.165) is 51.1 Å². The molecule has 2 rings (SSSR count). The molecule has 0 radical (unpaired) electrons. The highest BCUT2D eigenvalue weighted by atomic mass is 35.5. The van der Waals surface area contributed by atoms with Gasteiger partial charge in [-0.15, -0.1) is 24.8 Å². The number of pyridine rings is 1. The van der Waals surface area contributed by atoms with Crippen molar-refractivity contribution in [1.29, 1.82) is 0 Å². The van der Waals surface area contributed by atoms with E-state index in [1.54, 1.807) is 6.20 Å². The van der Waals surface area contributed by atoms with Gasteiger partial charge in [0.1, 0.15) is 5.82 Å². The standard InChI is InChI=1S/C18H30N4O.2ClH/c1-4-11-21(5-2)17-10-9-15(13-20-17)18(23)22-12-7-6-8-16(22)14(3)19;;/h9-10,13-14,16H,4-8,11-12,19H2,1-3H3;2*1H. The monoisotopic (exact) mass is 390 g/mol. The summed E-state index contributed by atoms with van der Waals surface area (Å²) < 4.78 is 0. The van der Waals surface area contributed by atoms with Crippen molar-refractivity contribution in [1.82, 2.24) is 9.88 Å². The molecule has 1 aliphatic heterocycles. The first-order valence-corrected chi connectivity index (χ1v) is 8.86. The summed E-state index contributed by atoms with van der Waals surface area (Å²) in [5.41, 5.74) is 6.73. The summed E-state index contributed by atoms with van der Waals surface area (Å²) in [6.07, 6.45) is 5.99. The Morgan fingerprint density at radius 3 is 2.60 bits per heavy atom. The number of hydrogen-bond acceptors (Lipinski definition) is 4. The summed E-state index contributed by atoms with van der Waals surface area (Å²) >= 11 is 0. The minimum atomic E-state index is 0. The quantitative estimate of drug-likeness (QED) is 0.806. The topological polar surface area (TPSA) is 62.5 Å². The third kappa shape index (κ3) is 6.01. The lowest BCUT2D eigenvalue weighted by atomic mass is 9.96. The summed E-state index contributed by atoms with van der Waals surface area (Å²) in [5.74, 6) is 0.998. The molecule has 25 heavy (non-hydrogen) atoms. The van der Waals surface area contributed by atoms with Gasteiger partial charge in [-0.25, -0.2) is 4.98 Å². The van der Waals surface area contributed by atoms with Gasteiger partial charge >= 0.3 is 0 Å². The second-order valence-electron chi connectivity index (χ2n) is 6.41. The van der Waals surface area contributed by atoms with E-state index >= 15 is 0 Å². The van der Waals surface area contributed by atoms with E-state index < -0.39 is 0 Å². The molecule has 2 N–H and O–H groups in total. The molecule has 0 spiro atoms. The number of amides is 1. The number of halogens is 2. The predicted octanol–water partition coefficient (Wildman–Crippen LogP) is 3.50. The molecule has 1 fully saturated rings.